The van der Waals surface area contributed by atoms with Gasteiger partial charge >= 0.3 is 0 Å². The Balaban J connectivity index is 1.55. The molecule has 0 atom stereocenters. The topological polar surface area (TPSA) is 50.5 Å². The molecule has 1 aliphatic heterocycles. The Kier molecular flexibility index (Phi) is 6.09. The molecule has 2 aromatic carbocycles. The Morgan fingerprint density at radius 2 is 1.81 bits per heavy atom. The number of nitrogens with zero attached hydrogens (tertiary/aromatic N) is 4. The van der Waals surface area contributed by atoms with E-state index in [0.29, 0.717) is 22.3 Å². The van der Waals surface area contributed by atoms with E-state index in [0.717, 1.165) is 61.8 Å². The Hall–Kier alpha value is -2.54. The van der Waals surface area contributed by atoms with Crippen LogP contribution in [0.5, 0.6) is 0 Å². The van der Waals surface area contributed by atoms with E-state index in [1.165, 1.54) is 17.3 Å². The minimum Gasteiger partial charge on any atom is -0.371 e. The van der Waals surface area contributed by atoms with E-state index < -0.39 is 0 Å². The van der Waals surface area contributed by atoms with Crippen molar-refractivity contribution in [3.8, 4) is 0 Å². The first-order valence-corrected chi connectivity index (χ1v) is 12.2. The van der Waals surface area contributed by atoms with Gasteiger partial charge in [0.25, 0.3) is 5.56 Å². The maximum absolute atomic E-state index is 14.8. The highest BCUT2D eigenvalue weighted by Gasteiger charge is 2.22. The summed E-state index contributed by atoms with van der Waals surface area (Å²) in [4.78, 5) is 20.4. The number of aromatic nitrogens is 2. The van der Waals surface area contributed by atoms with Gasteiger partial charge in [0.05, 0.1) is 17.1 Å². The molecule has 0 N–H and O–H groups in total. The van der Waals surface area contributed by atoms with Crippen LogP contribution < -0.4 is 10.5 Å². The molecule has 2 heterocycles. The fraction of sp³-hybridized carbons (Fsp3) is 0.400. The average Bonchev–Trinajstić information content (AvgIpc) is 3.35. The smallest absolute Gasteiger partial charge is 0.282 e. The molecule has 0 bridgehead atoms. The van der Waals surface area contributed by atoms with Crippen LogP contribution >= 0.6 is 15.9 Å². The molecule has 166 valence electrons. The molecule has 1 aromatic heterocycles. The van der Waals surface area contributed by atoms with Gasteiger partial charge in [-0.2, -0.15) is 9.78 Å². The highest BCUT2D eigenvalue weighted by Crippen LogP contribution is 2.32. The zero-order valence-corrected chi connectivity index (χ0v) is 19.5. The molecule has 0 spiro atoms. The summed E-state index contributed by atoms with van der Waals surface area (Å²) >= 11 is 3.44. The molecule has 2 fully saturated rings. The highest BCUT2D eigenvalue weighted by molar-refractivity contribution is 9.10. The van der Waals surface area contributed by atoms with Crippen LogP contribution in [0.15, 0.2) is 50.8 Å². The van der Waals surface area contributed by atoms with Crippen LogP contribution in [0, 0.1) is 5.82 Å². The molecule has 0 unspecified atom stereocenters. The number of fused-ring (bicyclic) bond motifs is 1. The molecule has 1 saturated heterocycles. The standard InChI is InChI=1S/C25H26BrFN4O/c26-19-9-11-23-21(14-19)25(32)31(24(29-23)17-6-2-1-3-7-17)28-16-18-8-10-20(15-22(18)27)30-12-4-5-13-30/h8-11,14-17H,1-7,12-13H2. The third-order valence-corrected chi connectivity index (χ3v) is 7.06. The van der Waals surface area contributed by atoms with Crippen molar-refractivity contribution in [2.45, 2.75) is 50.9 Å². The minimum absolute atomic E-state index is 0.184. The van der Waals surface area contributed by atoms with Crippen LogP contribution in [-0.2, 0) is 0 Å². The fourth-order valence-electron chi connectivity index (χ4n) is 4.82. The van der Waals surface area contributed by atoms with Crippen molar-refractivity contribution in [1.29, 1.82) is 0 Å². The van der Waals surface area contributed by atoms with Crippen molar-refractivity contribution in [2.75, 3.05) is 18.0 Å². The van der Waals surface area contributed by atoms with Crippen LogP contribution in [0.2, 0.25) is 0 Å². The number of hydrogen-bond donors (Lipinski definition) is 0. The molecule has 1 saturated carbocycles. The van der Waals surface area contributed by atoms with Gasteiger partial charge in [-0.3, -0.25) is 4.79 Å². The van der Waals surface area contributed by atoms with Gasteiger partial charge in [-0.25, -0.2) is 9.37 Å². The highest BCUT2D eigenvalue weighted by atomic mass is 79.9. The summed E-state index contributed by atoms with van der Waals surface area (Å²) < 4.78 is 17.0. The lowest BCUT2D eigenvalue weighted by Crippen LogP contribution is -2.25. The summed E-state index contributed by atoms with van der Waals surface area (Å²) in [5, 5.41) is 4.97. The summed E-state index contributed by atoms with van der Waals surface area (Å²) in [7, 11) is 0. The SMILES string of the molecule is O=c1c2cc(Br)ccc2nc(C2CCCCC2)n1N=Cc1ccc(N2CCCC2)cc1F. The lowest BCUT2D eigenvalue weighted by molar-refractivity contribution is 0.416. The van der Waals surface area contributed by atoms with E-state index in [-0.39, 0.29) is 17.3 Å². The molecule has 3 aromatic rings. The lowest BCUT2D eigenvalue weighted by atomic mass is 9.88. The summed E-state index contributed by atoms with van der Waals surface area (Å²) in [6.07, 6.45) is 9.16. The van der Waals surface area contributed by atoms with E-state index in [2.05, 4.69) is 25.9 Å². The van der Waals surface area contributed by atoms with E-state index in [9.17, 15) is 9.18 Å². The largest absolute Gasteiger partial charge is 0.371 e. The van der Waals surface area contributed by atoms with Gasteiger partial charge < -0.3 is 4.90 Å². The van der Waals surface area contributed by atoms with Crippen LogP contribution in [0.4, 0.5) is 10.1 Å². The van der Waals surface area contributed by atoms with Gasteiger partial charge in [0.15, 0.2) is 0 Å². The van der Waals surface area contributed by atoms with Gasteiger partial charge in [-0.05, 0) is 62.1 Å². The Labute approximate surface area is 195 Å². The van der Waals surface area contributed by atoms with Gasteiger partial charge in [-0.1, -0.05) is 35.2 Å². The molecule has 32 heavy (non-hydrogen) atoms. The molecular weight excluding hydrogens is 471 g/mol. The number of anilines is 1. The van der Waals surface area contributed by atoms with Crippen molar-refractivity contribution in [3.05, 3.63) is 68.4 Å². The quantitative estimate of drug-likeness (QED) is 0.427. The summed E-state index contributed by atoms with van der Waals surface area (Å²) in [6, 6.07) is 10.8. The number of benzene rings is 2. The first-order chi connectivity index (χ1) is 15.6. The monoisotopic (exact) mass is 496 g/mol. The summed E-state index contributed by atoms with van der Waals surface area (Å²) in [5.41, 5.74) is 1.71. The molecule has 5 rings (SSSR count). The normalized spacial score (nSPS) is 17.6. The second kappa shape index (κ2) is 9.14. The van der Waals surface area contributed by atoms with Crippen molar-refractivity contribution in [2.24, 2.45) is 5.10 Å². The van der Waals surface area contributed by atoms with E-state index >= 15 is 0 Å². The summed E-state index contributed by atoms with van der Waals surface area (Å²) in [5.74, 6) is 0.529. The van der Waals surface area contributed by atoms with Crippen LogP contribution in [0.25, 0.3) is 10.9 Å². The Morgan fingerprint density at radius 1 is 1.03 bits per heavy atom. The Morgan fingerprint density at radius 3 is 2.56 bits per heavy atom. The first-order valence-electron chi connectivity index (χ1n) is 11.4. The predicted molar refractivity (Wildman–Crippen MR) is 130 cm³/mol. The second-order valence-corrected chi connectivity index (χ2v) is 9.64. The molecule has 5 nitrogen and oxygen atoms in total. The van der Waals surface area contributed by atoms with E-state index in [1.807, 2.05) is 18.2 Å². The lowest BCUT2D eigenvalue weighted by Gasteiger charge is -2.22. The number of halogens is 2. The van der Waals surface area contributed by atoms with Crippen molar-refractivity contribution in [3.63, 3.8) is 0 Å². The van der Waals surface area contributed by atoms with Gasteiger partial charge in [-0.15, -0.1) is 0 Å². The molecule has 7 heteroatoms. The first kappa shape index (κ1) is 21.3. The second-order valence-electron chi connectivity index (χ2n) is 8.73. The third-order valence-electron chi connectivity index (χ3n) is 6.57. The molecule has 0 amide bonds. The van der Waals surface area contributed by atoms with E-state index in [1.54, 1.807) is 18.2 Å². The van der Waals surface area contributed by atoms with Crippen LogP contribution in [-0.4, -0.2) is 29.0 Å². The molecule has 2 aliphatic rings. The predicted octanol–water partition coefficient (Wildman–Crippen LogP) is 5.83. The van der Waals surface area contributed by atoms with Crippen LogP contribution in [0.1, 0.15) is 62.3 Å². The maximum Gasteiger partial charge on any atom is 0.282 e. The van der Waals surface area contributed by atoms with Gasteiger partial charge in [0.2, 0.25) is 0 Å². The van der Waals surface area contributed by atoms with Gasteiger partial charge in [0, 0.05) is 34.7 Å². The zero-order valence-electron chi connectivity index (χ0n) is 17.9. The molecular formula is C25H26BrFN4O. The summed E-state index contributed by atoms with van der Waals surface area (Å²) in [6.45, 7) is 1.93. The van der Waals surface area contributed by atoms with Crippen molar-refractivity contribution >= 4 is 38.7 Å². The maximum atomic E-state index is 14.8. The minimum atomic E-state index is -0.332. The van der Waals surface area contributed by atoms with Crippen LogP contribution in [0.3, 0.4) is 0 Å². The fourth-order valence-corrected chi connectivity index (χ4v) is 5.18. The van der Waals surface area contributed by atoms with Gasteiger partial charge in [0.1, 0.15) is 11.6 Å². The number of hydrogen-bond acceptors (Lipinski definition) is 4. The Bertz CT molecular complexity index is 1230. The van der Waals surface area contributed by atoms with E-state index in [4.69, 9.17) is 4.98 Å². The van der Waals surface area contributed by atoms with Crippen molar-refractivity contribution < 1.29 is 4.39 Å². The molecule has 1 aliphatic carbocycles. The third kappa shape index (κ3) is 4.22. The zero-order chi connectivity index (χ0) is 22.1. The average molecular weight is 497 g/mol. The van der Waals surface area contributed by atoms with Crippen molar-refractivity contribution in [1.82, 2.24) is 9.66 Å². The molecule has 0 radical (unpaired) electrons. The number of rotatable bonds is 4.